The highest BCUT2D eigenvalue weighted by Gasteiger charge is 2.49. The molecule has 5 aromatic carbocycles. The van der Waals surface area contributed by atoms with Crippen molar-refractivity contribution in [3.8, 4) is 0 Å². The molecule has 28 nitrogen and oxygen atoms in total. The molecule has 5 aromatic rings. The van der Waals surface area contributed by atoms with Crippen molar-refractivity contribution in [2.24, 2.45) is 58.3 Å². The molecule has 776 valence electrons. The normalized spacial score (nSPS) is 20.6. The summed E-state index contributed by atoms with van der Waals surface area (Å²) in [7, 11) is -6.63. The minimum atomic E-state index is -1.34. The van der Waals surface area contributed by atoms with Gasteiger partial charge in [-0.25, -0.2) is 8.78 Å². The van der Waals surface area contributed by atoms with Gasteiger partial charge in [0.1, 0.15) is 39.8 Å². The number of carbonyl (C=O) groups excluding carboxylic acids is 2. The Morgan fingerprint density at radius 2 is 0.657 bits per heavy atom. The van der Waals surface area contributed by atoms with Crippen LogP contribution in [-0.4, -0.2) is 248 Å². The Kier molecular flexibility index (Phi) is 48.7. The van der Waals surface area contributed by atoms with Gasteiger partial charge >= 0.3 is 53.5 Å². The quantitative estimate of drug-likeness (QED) is 0.0127. The van der Waals surface area contributed by atoms with Gasteiger partial charge in [-0.3, -0.25) is 48.5 Å². The minimum absolute atomic E-state index is 0.00568. The highest BCUT2D eigenvalue weighted by atomic mass is 35.5. The Balaban J connectivity index is 0.000000214. The van der Waals surface area contributed by atoms with Crippen LogP contribution in [-0.2, 0) is 36.8 Å². The number of fused-ring (bicyclic) bond motifs is 2. The molecular formula is C103H163B5Cl2F2N10O18. The molecule has 5 fully saturated rings. The third kappa shape index (κ3) is 34.2. The SMILES string of the molecule is CC(=O)[C@@](N)(CCCCB(O)O)C1CCN(C(C)c2ccc(F)c(Cl)c2)CC1.CC(=O)[C@](N)(CCCCB(O)O)C1CCN(C(C)c2ccc(F)c(Cl)c2)CC1.CCCC(c1ccccc1)N1CCC([C@@](N)(CCCCB(O)O)C(=O)O)CC1.Cc1ccc2c(c1)C(N1CCC([C@@](N)(CCCCB(O)O)C(=O)O)CC1)CC2.Cc1ccc2c(c1)C(N1CCC([C@](N)(CCCCB(O)O)C(=O)O)CC1)CC2. The Morgan fingerprint density at radius 3 is 0.929 bits per heavy atom. The number of carboxylic acid groups (broad SMARTS) is 3. The van der Waals surface area contributed by atoms with E-state index >= 15 is 0 Å². The summed E-state index contributed by atoms with van der Waals surface area (Å²) >= 11 is 11.8. The molecule has 140 heavy (non-hydrogen) atoms. The maximum absolute atomic E-state index is 13.4. The maximum Gasteiger partial charge on any atom is 0.451 e. The van der Waals surface area contributed by atoms with E-state index in [0.29, 0.717) is 127 Å². The van der Waals surface area contributed by atoms with Gasteiger partial charge in [0.05, 0.1) is 21.1 Å². The number of carboxylic acids is 3. The average Bonchev–Trinajstić information content (AvgIpc) is 1.60. The van der Waals surface area contributed by atoms with E-state index in [1.54, 1.807) is 38.1 Å². The lowest BCUT2D eigenvalue weighted by atomic mass is 9.72. The number of unbranched alkanes of at least 4 members (excludes halogenated alkanes) is 5. The van der Waals surface area contributed by atoms with E-state index < -0.39 is 92.8 Å². The summed E-state index contributed by atoms with van der Waals surface area (Å²) in [5, 5.41) is 119. The van der Waals surface area contributed by atoms with Crippen molar-refractivity contribution in [2.75, 3.05) is 65.4 Å². The van der Waals surface area contributed by atoms with Crippen molar-refractivity contribution >= 4 is 88.3 Å². The van der Waals surface area contributed by atoms with E-state index in [2.05, 4.69) is 120 Å². The molecule has 5 heterocycles. The molecule has 0 spiro atoms. The molecule has 5 aliphatic heterocycles. The van der Waals surface area contributed by atoms with E-state index in [1.807, 2.05) is 6.07 Å². The Morgan fingerprint density at radius 1 is 0.379 bits per heavy atom. The van der Waals surface area contributed by atoms with Crippen LogP contribution in [0.4, 0.5) is 8.78 Å². The van der Waals surface area contributed by atoms with Crippen LogP contribution < -0.4 is 28.7 Å². The lowest BCUT2D eigenvalue weighted by Crippen LogP contribution is -2.57. The van der Waals surface area contributed by atoms with Gasteiger partial charge in [-0.05, 0) is 360 Å². The summed E-state index contributed by atoms with van der Waals surface area (Å²) < 4.78 is 26.8. The van der Waals surface area contributed by atoms with Gasteiger partial charge in [0, 0.05) is 30.2 Å². The van der Waals surface area contributed by atoms with Crippen molar-refractivity contribution in [1.29, 1.82) is 0 Å². The summed E-state index contributed by atoms with van der Waals surface area (Å²) in [5.74, 6) is -3.59. The van der Waals surface area contributed by atoms with Crippen molar-refractivity contribution < 1.29 is 98.3 Å². The Labute approximate surface area is 841 Å². The molecule has 2 aliphatic carbocycles. The first kappa shape index (κ1) is 119. The lowest BCUT2D eigenvalue weighted by molar-refractivity contribution is -0.148. The fourth-order valence-electron chi connectivity index (χ4n) is 22.9. The number of rotatable bonds is 45. The van der Waals surface area contributed by atoms with Crippen LogP contribution in [0.5, 0.6) is 0 Å². The maximum atomic E-state index is 13.4. The molecule has 7 aliphatic rings. The van der Waals surface area contributed by atoms with Gasteiger partial charge in [-0.15, -0.1) is 0 Å². The van der Waals surface area contributed by atoms with E-state index in [0.717, 1.165) is 179 Å². The number of aryl methyl sites for hydroxylation is 4. The molecule has 0 bridgehead atoms. The van der Waals surface area contributed by atoms with Crippen LogP contribution >= 0.6 is 23.2 Å². The number of hydrogen-bond donors (Lipinski definition) is 18. The van der Waals surface area contributed by atoms with E-state index in [9.17, 15) is 48.1 Å². The lowest BCUT2D eigenvalue weighted by Gasteiger charge is -2.43. The standard InChI is InChI=1S/2C21H33BN2O4.C21H35BN2O4.2C20H31BClFN2O3/c2*1-15-4-5-16-6-7-19(18(16)14-15)24-12-8-17(9-13-24)21(23,20(25)26)10-2-3-11-22(27)28;1-2-8-19(17-9-4-3-5-10-17)24-15-11-18(12-16-24)21(23,20(25)26)13-6-7-14-22(27)28;2*1-14(16-5-6-19(23)18(22)13-16)25-11-7-17(8-12-25)20(24,15(2)26)9-3-4-10-21(27)28/h2*4-5,14,17,19,27-28H,2-3,6-13,23H2,1H3,(H,25,26);3-5,9-10,18-19,27-28H,2,6-8,11-16,23H2,1H3,(H,25,26);2*5-6,13-14,17,27-28H,3-4,7-12,24H2,1-2H3/t3*19?,21-;2*14?,20-/m10010/s1. The van der Waals surface area contributed by atoms with Crippen molar-refractivity contribution in [3.05, 3.63) is 175 Å². The molecule has 23 N–H and O–H groups in total. The molecule has 0 radical (unpaired) electrons. The minimum Gasteiger partial charge on any atom is -0.480 e. The first-order valence-corrected chi connectivity index (χ1v) is 52.4. The van der Waals surface area contributed by atoms with Crippen LogP contribution in [0, 0.1) is 55.1 Å². The van der Waals surface area contributed by atoms with Crippen LogP contribution in [0.3, 0.4) is 0 Å². The Bertz CT molecular complexity index is 4410. The largest absolute Gasteiger partial charge is 0.480 e. The zero-order valence-electron chi connectivity index (χ0n) is 84.0. The second-order valence-electron chi connectivity index (χ2n) is 41.3. The average molecular weight is 1990 g/mol. The summed E-state index contributed by atoms with van der Waals surface area (Å²) in [6.07, 6.45) is 24.4. The summed E-state index contributed by atoms with van der Waals surface area (Å²) in [5.41, 5.74) is 38.5. The van der Waals surface area contributed by atoms with Gasteiger partial charge in [-0.2, -0.15) is 0 Å². The third-order valence-corrected chi connectivity index (χ3v) is 32.6. The fourth-order valence-corrected chi connectivity index (χ4v) is 23.3. The van der Waals surface area contributed by atoms with Gasteiger partial charge in [0.25, 0.3) is 0 Å². The van der Waals surface area contributed by atoms with Gasteiger partial charge in [0.2, 0.25) is 0 Å². The molecule has 10 atom stereocenters. The first-order valence-electron chi connectivity index (χ1n) is 51.6. The fraction of sp³-hybridized carbons (Fsp3) is 0.660. The van der Waals surface area contributed by atoms with E-state index in [1.165, 1.54) is 51.1 Å². The number of benzene rings is 5. The van der Waals surface area contributed by atoms with Crippen LogP contribution in [0.25, 0.3) is 0 Å². The predicted octanol–water partition coefficient (Wildman–Crippen LogP) is 13.3. The van der Waals surface area contributed by atoms with Crippen molar-refractivity contribution in [3.63, 3.8) is 0 Å². The number of Topliss-reactive ketones (excluding diaryl/α,β-unsaturated/α-hetero) is 2. The molecule has 0 aromatic heterocycles. The Hall–Kier alpha value is -6.19. The smallest absolute Gasteiger partial charge is 0.451 e. The highest BCUT2D eigenvalue weighted by molar-refractivity contribution is 6.42. The first-order chi connectivity index (χ1) is 66.3. The molecule has 5 saturated heterocycles. The number of piperidine rings is 5. The van der Waals surface area contributed by atoms with Crippen LogP contribution in [0.2, 0.25) is 41.6 Å². The monoisotopic (exact) mass is 1990 g/mol. The molecule has 0 saturated carbocycles. The third-order valence-electron chi connectivity index (χ3n) is 32.0. The molecule has 0 amide bonds. The van der Waals surface area contributed by atoms with E-state index in [4.69, 9.17) is 102 Å². The number of hydrogen-bond acceptors (Lipinski definition) is 25. The van der Waals surface area contributed by atoms with Crippen LogP contribution in [0.1, 0.15) is 301 Å². The number of halogens is 4. The van der Waals surface area contributed by atoms with Crippen molar-refractivity contribution in [1.82, 2.24) is 24.5 Å². The number of nitrogens with two attached hydrogens (primary N) is 5. The number of carbonyl (C=O) groups is 5. The second kappa shape index (κ2) is 57.2. The number of aliphatic carboxylic acids is 3. The van der Waals surface area contributed by atoms with Gasteiger partial charge in [-0.1, -0.05) is 191 Å². The molecule has 5 unspecified atom stereocenters. The summed E-state index contributed by atoms with van der Waals surface area (Å²) in [6, 6.07) is 35.1. The number of nitrogens with zero attached hydrogens (tertiary/aromatic N) is 5. The molecular weight excluding hydrogens is 1830 g/mol. The predicted molar refractivity (Wildman–Crippen MR) is 553 cm³/mol. The zero-order chi connectivity index (χ0) is 103. The second-order valence-corrected chi connectivity index (χ2v) is 42.2. The number of ketones is 2. The zero-order valence-corrected chi connectivity index (χ0v) is 85.5. The van der Waals surface area contributed by atoms with Gasteiger partial charge < -0.3 is 94.2 Å². The van der Waals surface area contributed by atoms with Crippen molar-refractivity contribution in [2.45, 2.75) is 337 Å². The van der Waals surface area contributed by atoms with Crippen LogP contribution in [0.15, 0.2) is 103 Å². The highest BCUT2D eigenvalue weighted by Crippen LogP contribution is 2.46. The van der Waals surface area contributed by atoms with Gasteiger partial charge in [0.15, 0.2) is 0 Å². The summed E-state index contributed by atoms with van der Waals surface area (Å²) in [6.45, 7) is 22.2. The number of likely N-dealkylation sites (tertiary alicyclic amines) is 5. The summed E-state index contributed by atoms with van der Waals surface area (Å²) in [4.78, 5) is 72.6. The molecule has 37 heteroatoms. The topological polar surface area (TPSA) is 495 Å². The van der Waals surface area contributed by atoms with E-state index in [-0.39, 0.29) is 82.2 Å². The molecule has 12 rings (SSSR count).